The summed E-state index contributed by atoms with van der Waals surface area (Å²) in [7, 11) is 0. The molecule has 0 aromatic heterocycles. The number of aliphatic hydroxyl groups is 1. The zero-order chi connectivity index (χ0) is 12.8. The third-order valence-corrected chi connectivity index (χ3v) is 3.95. The Morgan fingerprint density at radius 1 is 1.28 bits per heavy atom. The minimum absolute atomic E-state index is 0.211. The second-order valence-corrected chi connectivity index (χ2v) is 5.59. The van der Waals surface area contributed by atoms with E-state index in [-0.39, 0.29) is 6.10 Å². The van der Waals surface area contributed by atoms with Crippen LogP contribution in [0.5, 0.6) is 0 Å². The lowest BCUT2D eigenvalue weighted by Crippen LogP contribution is -2.28. The maximum absolute atomic E-state index is 9.34. The molecular formula is C16H25NO. The van der Waals surface area contributed by atoms with Gasteiger partial charge in [-0.2, -0.15) is 0 Å². The normalized spacial score (nSPS) is 19.2. The predicted molar refractivity (Wildman–Crippen MR) is 75.4 cm³/mol. The number of hydrogen-bond acceptors (Lipinski definition) is 2. The summed E-state index contributed by atoms with van der Waals surface area (Å²) in [4.78, 5) is 0. The molecule has 2 rings (SSSR count). The average Bonchev–Trinajstić information content (AvgIpc) is 2.32. The summed E-state index contributed by atoms with van der Waals surface area (Å²) in [5.41, 5.74) is 1.38. The number of rotatable bonds is 7. The molecule has 0 radical (unpaired) electrons. The Labute approximate surface area is 110 Å². The molecule has 0 saturated heterocycles. The Morgan fingerprint density at radius 3 is 2.56 bits per heavy atom. The summed E-state index contributed by atoms with van der Waals surface area (Å²) in [6.45, 7) is 2.75. The first-order valence-electron chi connectivity index (χ1n) is 7.22. The summed E-state index contributed by atoms with van der Waals surface area (Å²) in [6.07, 6.45) is 6.04. The molecule has 1 aromatic carbocycles. The molecule has 100 valence electrons. The van der Waals surface area contributed by atoms with Gasteiger partial charge in [-0.25, -0.2) is 0 Å². The van der Waals surface area contributed by atoms with Crippen molar-refractivity contribution < 1.29 is 5.11 Å². The van der Waals surface area contributed by atoms with Crippen LogP contribution in [-0.4, -0.2) is 17.8 Å². The largest absolute Gasteiger partial charge is 0.393 e. The molecule has 1 aromatic rings. The van der Waals surface area contributed by atoms with Crippen molar-refractivity contribution in [3.8, 4) is 0 Å². The number of benzene rings is 1. The highest BCUT2D eigenvalue weighted by Crippen LogP contribution is 2.34. The molecule has 0 aliphatic heterocycles. The fraction of sp³-hybridized carbons (Fsp3) is 0.625. The molecule has 2 unspecified atom stereocenters. The van der Waals surface area contributed by atoms with Gasteiger partial charge in [0.05, 0.1) is 6.10 Å². The first-order chi connectivity index (χ1) is 8.75. The lowest BCUT2D eigenvalue weighted by atomic mass is 9.79. The number of nitrogens with one attached hydrogen (secondary N) is 1. The van der Waals surface area contributed by atoms with Crippen molar-refractivity contribution in [2.75, 3.05) is 6.54 Å². The van der Waals surface area contributed by atoms with Crippen molar-refractivity contribution >= 4 is 0 Å². The van der Waals surface area contributed by atoms with Crippen LogP contribution in [0.15, 0.2) is 30.3 Å². The molecule has 0 spiro atoms. The molecule has 2 N–H and O–H groups in total. The molecule has 18 heavy (non-hydrogen) atoms. The second kappa shape index (κ2) is 6.91. The van der Waals surface area contributed by atoms with Crippen molar-refractivity contribution in [3.63, 3.8) is 0 Å². The van der Waals surface area contributed by atoms with E-state index < -0.39 is 0 Å². The highest BCUT2D eigenvalue weighted by atomic mass is 16.3. The van der Waals surface area contributed by atoms with Crippen LogP contribution in [0.25, 0.3) is 0 Å². The molecule has 2 atom stereocenters. The van der Waals surface area contributed by atoms with Crippen LogP contribution < -0.4 is 5.32 Å². The Balaban J connectivity index is 1.89. The van der Waals surface area contributed by atoms with Crippen LogP contribution in [0.1, 0.15) is 50.6 Å². The molecule has 1 saturated carbocycles. The van der Waals surface area contributed by atoms with E-state index in [2.05, 4.69) is 35.6 Å². The van der Waals surface area contributed by atoms with Crippen LogP contribution in [0.2, 0.25) is 0 Å². The van der Waals surface area contributed by atoms with E-state index >= 15 is 0 Å². The third-order valence-electron chi connectivity index (χ3n) is 3.95. The fourth-order valence-corrected chi connectivity index (χ4v) is 2.55. The maximum Gasteiger partial charge on any atom is 0.0524 e. The van der Waals surface area contributed by atoms with Crippen molar-refractivity contribution in [3.05, 3.63) is 35.9 Å². The fourth-order valence-electron chi connectivity index (χ4n) is 2.55. The topological polar surface area (TPSA) is 32.3 Å². The van der Waals surface area contributed by atoms with Gasteiger partial charge in [0.25, 0.3) is 0 Å². The van der Waals surface area contributed by atoms with E-state index in [4.69, 9.17) is 0 Å². The average molecular weight is 247 g/mol. The summed E-state index contributed by atoms with van der Waals surface area (Å²) < 4.78 is 0. The van der Waals surface area contributed by atoms with Crippen molar-refractivity contribution in [2.45, 2.75) is 51.2 Å². The zero-order valence-electron chi connectivity index (χ0n) is 11.3. The molecule has 0 amide bonds. The number of hydrogen-bond donors (Lipinski definition) is 2. The minimum atomic E-state index is -0.211. The predicted octanol–water partition coefficient (Wildman–Crippen LogP) is 3.28. The van der Waals surface area contributed by atoms with Gasteiger partial charge in [0.1, 0.15) is 0 Å². The van der Waals surface area contributed by atoms with Gasteiger partial charge < -0.3 is 10.4 Å². The van der Waals surface area contributed by atoms with Crippen LogP contribution in [-0.2, 0) is 0 Å². The zero-order valence-corrected chi connectivity index (χ0v) is 11.3. The Hall–Kier alpha value is -0.860. The molecule has 1 aliphatic carbocycles. The highest BCUT2D eigenvalue weighted by Gasteiger charge is 2.22. The molecule has 2 nitrogen and oxygen atoms in total. The smallest absolute Gasteiger partial charge is 0.0524 e. The molecule has 0 heterocycles. The van der Waals surface area contributed by atoms with E-state index in [0.717, 1.165) is 18.9 Å². The summed E-state index contributed by atoms with van der Waals surface area (Å²) >= 11 is 0. The first-order valence-corrected chi connectivity index (χ1v) is 7.22. The lowest BCUT2D eigenvalue weighted by molar-refractivity contribution is 0.179. The third kappa shape index (κ3) is 4.11. The van der Waals surface area contributed by atoms with Crippen molar-refractivity contribution in [1.82, 2.24) is 5.32 Å². The summed E-state index contributed by atoms with van der Waals surface area (Å²) in [5, 5.41) is 12.9. The first kappa shape index (κ1) is 13.6. The van der Waals surface area contributed by atoms with Gasteiger partial charge in [-0.15, -0.1) is 0 Å². The Bertz CT molecular complexity index is 332. The van der Waals surface area contributed by atoms with Gasteiger partial charge in [-0.1, -0.05) is 49.6 Å². The van der Waals surface area contributed by atoms with Crippen LogP contribution in [0, 0.1) is 5.92 Å². The van der Waals surface area contributed by atoms with Gasteiger partial charge in [0, 0.05) is 6.04 Å². The lowest BCUT2D eigenvalue weighted by Gasteiger charge is -2.30. The molecule has 1 fully saturated rings. The van der Waals surface area contributed by atoms with Crippen LogP contribution >= 0.6 is 0 Å². The monoisotopic (exact) mass is 247 g/mol. The highest BCUT2D eigenvalue weighted by molar-refractivity contribution is 5.19. The van der Waals surface area contributed by atoms with Gasteiger partial charge in [-0.05, 0) is 37.8 Å². The summed E-state index contributed by atoms with van der Waals surface area (Å²) in [5.74, 6) is 0.897. The van der Waals surface area contributed by atoms with Gasteiger partial charge in [-0.3, -0.25) is 0 Å². The van der Waals surface area contributed by atoms with Crippen molar-refractivity contribution in [2.24, 2.45) is 5.92 Å². The van der Waals surface area contributed by atoms with Crippen LogP contribution in [0.3, 0.4) is 0 Å². The van der Waals surface area contributed by atoms with E-state index in [0.29, 0.717) is 6.04 Å². The van der Waals surface area contributed by atoms with E-state index in [1.54, 1.807) is 0 Å². The van der Waals surface area contributed by atoms with Crippen molar-refractivity contribution in [1.29, 1.82) is 0 Å². The molecular weight excluding hydrogens is 222 g/mol. The van der Waals surface area contributed by atoms with Gasteiger partial charge in [0.15, 0.2) is 0 Å². The van der Waals surface area contributed by atoms with Gasteiger partial charge >= 0.3 is 0 Å². The molecule has 0 bridgehead atoms. The number of aliphatic hydroxyl groups excluding tert-OH is 1. The standard InChI is InChI=1S/C16H25NO/c1-13(18)10-11-17-16(12-14-6-5-7-14)15-8-3-2-4-9-15/h2-4,8-9,13-14,16-18H,5-7,10-12H2,1H3. The quantitative estimate of drug-likeness (QED) is 0.775. The Kier molecular flexibility index (Phi) is 5.21. The SMILES string of the molecule is CC(O)CCNC(CC1CCC1)c1ccccc1. The maximum atomic E-state index is 9.34. The molecule has 2 heteroatoms. The second-order valence-electron chi connectivity index (χ2n) is 5.59. The van der Waals surface area contributed by atoms with Crippen LogP contribution in [0.4, 0.5) is 0 Å². The summed E-state index contributed by atoms with van der Waals surface area (Å²) in [6, 6.07) is 11.2. The van der Waals surface area contributed by atoms with Gasteiger partial charge in [0.2, 0.25) is 0 Å². The van der Waals surface area contributed by atoms with E-state index in [1.165, 1.54) is 31.2 Å². The molecule has 1 aliphatic rings. The Morgan fingerprint density at radius 2 is 2.00 bits per heavy atom. The van der Waals surface area contributed by atoms with E-state index in [1.807, 2.05) is 6.92 Å². The minimum Gasteiger partial charge on any atom is -0.393 e. The van der Waals surface area contributed by atoms with E-state index in [9.17, 15) is 5.11 Å².